The van der Waals surface area contributed by atoms with Crippen LogP contribution in [0.3, 0.4) is 0 Å². The highest BCUT2D eigenvalue weighted by atomic mass is 16.5. The number of rotatable bonds is 2. The Balaban J connectivity index is 2.28. The number of nitrogens with two attached hydrogens (primary N) is 1. The molecule has 0 bridgehead atoms. The van der Waals surface area contributed by atoms with Crippen molar-refractivity contribution in [2.24, 2.45) is 0 Å². The Morgan fingerprint density at radius 1 is 1.31 bits per heavy atom. The van der Waals surface area contributed by atoms with Crippen LogP contribution in [0, 0.1) is 0 Å². The molecule has 0 spiro atoms. The number of anilines is 2. The summed E-state index contributed by atoms with van der Waals surface area (Å²) in [4.78, 5) is 23.8. The average Bonchev–Trinajstić information content (AvgIpc) is 2.29. The van der Waals surface area contributed by atoms with Gasteiger partial charge < -0.3 is 20.5 Å². The highest BCUT2D eigenvalue weighted by Gasteiger charge is 2.17. The summed E-state index contributed by atoms with van der Waals surface area (Å²) in [5.41, 5.74) is 5.42. The van der Waals surface area contributed by atoms with Crippen LogP contribution in [0.25, 0.3) is 0 Å². The van der Waals surface area contributed by atoms with Gasteiger partial charge in [-0.3, -0.25) is 0 Å². The number of carboxylic acid groups (broad SMARTS) is 1. The van der Waals surface area contributed by atoms with Crippen molar-refractivity contribution in [2.45, 2.75) is 0 Å². The first-order chi connectivity index (χ1) is 7.66. The number of hydrogen-bond acceptors (Lipinski definition) is 7. The van der Waals surface area contributed by atoms with Gasteiger partial charge in [-0.1, -0.05) is 0 Å². The van der Waals surface area contributed by atoms with Crippen LogP contribution in [0.1, 0.15) is 10.6 Å². The zero-order valence-electron chi connectivity index (χ0n) is 8.46. The lowest BCUT2D eigenvalue weighted by Gasteiger charge is -2.26. The van der Waals surface area contributed by atoms with Crippen molar-refractivity contribution >= 4 is 17.9 Å². The number of hydrogen-bond donors (Lipinski definition) is 2. The predicted octanol–water partition coefficient (Wildman–Crippen LogP) is -1.01. The summed E-state index contributed by atoms with van der Waals surface area (Å²) >= 11 is 0. The van der Waals surface area contributed by atoms with Crippen LogP contribution >= 0.6 is 0 Å². The van der Waals surface area contributed by atoms with E-state index >= 15 is 0 Å². The van der Waals surface area contributed by atoms with Crippen molar-refractivity contribution in [3.63, 3.8) is 0 Å². The van der Waals surface area contributed by atoms with Gasteiger partial charge in [0.1, 0.15) is 0 Å². The fraction of sp³-hybridized carbons (Fsp3) is 0.500. The molecule has 1 saturated heterocycles. The first-order valence-electron chi connectivity index (χ1n) is 4.74. The Kier molecular flexibility index (Phi) is 2.82. The minimum atomic E-state index is -1.22. The Labute approximate surface area is 91.1 Å². The van der Waals surface area contributed by atoms with Gasteiger partial charge in [0.25, 0.3) is 0 Å². The van der Waals surface area contributed by atoms with Crippen LogP contribution in [0.2, 0.25) is 0 Å². The summed E-state index contributed by atoms with van der Waals surface area (Å²) < 4.78 is 5.17. The second-order valence-electron chi connectivity index (χ2n) is 3.22. The van der Waals surface area contributed by atoms with E-state index < -0.39 is 5.97 Å². The van der Waals surface area contributed by atoms with Gasteiger partial charge in [0.05, 0.1) is 13.2 Å². The second-order valence-corrected chi connectivity index (χ2v) is 3.22. The van der Waals surface area contributed by atoms with Gasteiger partial charge in [0, 0.05) is 13.1 Å². The van der Waals surface area contributed by atoms with Gasteiger partial charge in [-0.15, -0.1) is 0 Å². The van der Waals surface area contributed by atoms with E-state index in [4.69, 9.17) is 15.6 Å². The number of nitrogen functional groups attached to an aromatic ring is 1. The third kappa shape index (κ3) is 2.16. The molecule has 0 radical (unpaired) electrons. The predicted molar refractivity (Wildman–Crippen MR) is 54.2 cm³/mol. The molecule has 0 unspecified atom stereocenters. The van der Waals surface area contributed by atoms with Crippen LogP contribution in [-0.4, -0.2) is 52.3 Å². The minimum Gasteiger partial charge on any atom is -0.475 e. The number of aromatic carboxylic acids is 1. The Morgan fingerprint density at radius 2 is 2.00 bits per heavy atom. The van der Waals surface area contributed by atoms with Crippen LogP contribution < -0.4 is 10.6 Å². The van der Waals surface area contributed by atoms with E-state index in [2.05, 4.69) is 15.0 Å². The van der Waals surface area contributed by atoms with E-state index in [0.717, 1.165) is 0 Å². The average molecular weight is 225 g/mol. The lowest BCUT2D eigenvalue weighted by Crippen LogP contribution is -2.37. The first kappa shape index (κ1) is 10.6. The highest BCUT2D eigenvalue weighted by Crippen LogP contribution is 2.11. The molecule has 1 aromatic rings. The molecule has 3 N–H and O–H groups in total. The topological polar surface area (TPSA) is 114 Å². The normalized spacial score (nSPS) is 16.1. The van der Waals surface area contributed by atoms with Gasteiger partial charge in [0.15, 0.2) is 0 Å². The fourth-order valence-electron chi connectivity index (χ4n) is 1.38. The number of morpholine rings is 1. The van der Waals surface area contributed by atoms with Crippen molar-refractivity contribution in [2.75, 3.05) is 36.9 Å². The SMILES string of the molecule is Nc1nc(C(=O)O)nc(N2CCOCC2)n1. The summed E-state index contributed by atoms with van der Waals surface area (Å²) in [5.74, 6) is -1.36. The zero-order chi connectivity index (χ0) is 11.5. The number of aromatic nitrogens is 3. The fourth-order valence-corrected chi connectivity index (χ4v) is 1.38. The van der Waals surface area contributed by atoms with Crippen molar-refractivity contribution in [1.29, 1.82) is 0 Å². The van der Waals surface area contributed by atoms with Crippen molar-refractivity contribution in [3.05, 3.63) is 5.82 Å². The third-order valence-electron chi connectivity index (χ3n) is 2.13. The molecule has 1 aromatic heterocycles. The van der Waals surface area contributed by atoms with E-state index in [0.29, 0.717) is 26.3 Å². The maximum atomic E-state index is 10.7. The number of carbonyl (C=O) groups is 1. The molecular formula is C8H11N5O3. The molecular weight excluding hydrogens is 214 g/mol. The maximum Gasteiger partial charge on any atom is 0.374 e. The number of nitrogens with zero attached hydrogens (tertiary/aromatic N) is 4. The van der Waals surface area contributed by atoms with Gasteiger partial charge in [0.2, 0.25) is 17.7 Å². The Hall–Kier alpha value is -1.96. The molecule has 0 amide bonds. The summed E-state index contributed by atoms with van der Waals surface area (Å²) in [6.07, 6.45) is 0. The van der Waals surface area contributed by atoms with Crippen molar-refractivity contribution in [3.8, 4) is 0 Å². The van der Waals surface area contributed by atoms with Crippen LogP contribution in [0.15, 0.2) is 0 Å². The molecule has 1 aliphatic rings. The number of ether oxygens (including phenoxy) is 1. The lowest BCUT2D eigenvalue weighted by molar-refractivity contribution is 0.0683. The highest BCUT2D eigenvalue weighted by molar-refractivity contribution is 5.83. The first-order valence-corrected chi connectivity index (χ1v) is 4.74. The molecule has 86 valence electrons. The van der Waals surface area contributed by atoms with Gasteiger partial charge in [-0.05, 0) is 0 Å². The molecule has 0 aliphatic carbocycles. The van der Waals surface area contributed by atoms with Crippen LogP contribution in [0.5, 0.6) is 0 Å². The maximum absolute atomic E-state index is 10.7. The molecule has 0 atom stereocenters. The molecule has 1 fully saturated rings. The Morgan fingerprint density at radius 3 is 2.62 bits per heavy atom. The number of carboxylic acids is 1. The summed E-state index contributed by atoms with van der Waals surface area (Å²) in [6.45, 7) is 2.35. The molecule has 0 saturated carbocycles. The molecule has 16 heavy (non-hydrogen) atoms. The zero-order valence-corrected chi connectivity index (χ0v) is 8.46. The quantitative estimate of drug-likeness (QED) is 0.657. The van der Waals surface area contributed by atoms with Crippen LogP contribution in [0.4, 0.5) is 11.9 Å². The van der Waals surface area contributed by atoms with Gasteiger partial charge in [-0.2, -0.15) is 15.0 Å². The monoisotopic (exact) mass is 225 g/mol. The summed E-state index contributed by atoms with van der Waals surface area (Å²) in [7, 11) is 0. The lowest BCUT2D eigenvalue weighted by atomic mass is 10.4. The summed E-state index contributed by atoms with van der Waals surface area (Å²) in [5, 5.41) is 8.78. The summed E-state index contributed by atoms with van der Waals surface area (Å²) in [6, 6.07) is 0. The standard InChI is InChI=1S/C8H11N5O3/c9-7-10-5(6(14)15)11-8(12-7)13-1-3-16-4-2-13/h1-4H2,(H,14,15)(H2,9,10,11,12). The van der Waals surface area contributed by atoms with E-state index in [1.54, 1.807) is 0 Å². The second kappa shape index (κ2) is 4.27. The minimum absolute atomic E-state index is 0.0890. The van der Waals surface area contributed by atoms with Gasteiger partial charge in [-0.25, -0.2) is 4.79 Å². The molecule has 0 aromatic carbocycles. The Bertz CT molecular complexity index is 405. The van der Waals surface area contributed by atoms with Crippen molar-refractivity contribution in [1.82, 2.24) is 15.0 Å². The molecule has 2 rings (SSSR count). The van der Waals surface area contributed by atoms with E-state index in [1.165, 1.54) is 0 Å². The molecule has 1 aliphatic heterocycles. The molecule has 2 heterocycles. The van der Waals surface area contributed by atoms with E-state index in [-0.39, 0.29) is 17.7 Å². The van der Waals surface area contributed by atoms with Crippen LogP contribution in [-0.2, 0) is 4.74 Å². The largest absolute Gasteiger partial charge is 0.475 e. The third-order valence-corrected chi connectivity index (χ3v) is 2.13. The molecule has 8 heteroatoms. The molecule has 8 nitrogen and oxygen atoms in total. The van der Waals surface area contributed by atoms with Crippen molar-refractivity contribution < 1.29 is 14.6 Å². The van der Waals surface area contributed by atoms with E-state index in [1.807, 2.05) is 4.90 Å². The van der Waals surface area contributed by atoms with Gasteiger partial charge >= 0.3 is 5.97 Å². The van der Waals surface area contributed by atoms with E-state index in [9.17, 15) is 4.79 Å². The smallest absolute Gasteiger partial charge is 0.374 e.